The maximum atomic E-state index is 9.25. The van der Waals surface area contributed by atoms with Crippen molar-refractivity contribution in [3.63, 3.8) is 0 Å². The Balaban J connectivity index is 1.97. The lowest BCUT2D eigenvalue weighted by Crippen LogP contribution is -2.19. The van der Waals surface area contributed by atoms with Crippen LogP contribution >= 0.6 is 0 Å². The summed E-state index contributed by atoms with van der Waals surface area (Å²) in [6.45, 7) is 7.49. The summed E-state index contributed by atoms with van der Waals surface area (Å²) >= 11 is 0. The molecule has 0 unspecified atom stereocenters. The molecule has 1 aliphatic heterocycles. The Morgan fingerprint density at radius 1 is 1.05 bits per heavy atom. The molecule has 3 heteroatoms. The van der Waals surface area contributed by atoms with Gasteiger partial charge in [-0.25, -0.2) is 0 Å². The van der Waals surface area contributed by atoms with E-state index >= 15 is 0 Å². The third kappa shape index (κ3) is 2.58. The Labute approximate surface area is 124 Å². The van der Waals surface area contributed by atoms with Gasteiger partial charge in [0.05, 0.1) is 17.2 Å². The van der Waals surface area contributed by atoms with Crippen LogP contribution in [0.15, 0.2) is 72.5 Å². The topological polar surface area (TPSA) is 44.6 Å². The van der Waals surface area contributed by atoms with Gasteiger partial charge in [0.25, 0.3) is 0 Å². The van der Waals surface area contributed by atoms with E-state index in [1.54, 1.807) is 0 Å². The van der Waals surface area contributed by atoms with Crippen LogP contribution in [0.1, 0.15) is 22.3 Å². The SMILES string of the molecule is C=C(O)Cc1ccc(C2=NNC(=C)c3ccccc32)cc1. The van der Waals surface area contributed by atoms with E-state index in [0.29, 0.717) is 6.42 Å². The van der Waals surface area contributed by atoms with E-state index in [0.717, 1.165) is 33.7 Å². The molecule has 1 heterocycles. The van der Waals surface area contributed by atoms with Crippen LogP contribution in [-0.2, 0) is 6.42 Å². The largest absolute Gasteiger partial charge is 0.513 e. The van der Waals surface area contributed by atoms with E-state index in [1.807, 2.05) is 48.5 Å². The van der Waals surface area contributed by atoms with Crippen molar-refractivity contribution < 1.29 is 5.11 Å². The summed E-state index contributed by atoms with van der Waals surface area (Å²) in [5, 5.41) is 13.7. The van der Waals surface area contributed by atoms with Crippen LogP contribution in [-0.4, -0.2) is 10.8 Å². The quantitative estimate of drug-likeness (QED) is 0.841. The zero-order valence-electron chi connectivity index (χ0n) is 11.6. The molecular formula is C18H16N2O. The van der Waals surface area contributed by atoms with E-state index in [1.165, 1.54) is 0 Å². The van der Waals surface area contributed by atoms with E-state index < -0.39 is 0 Å². The zero-order chi connectivity index (χ0) is 14.8. The second kappa shape index (κ2) is 5.29. The smallest absolute Gasteiger partial charge is 0.0984 e. The maximum absolute atomic E-state index is 9.25. The lowest BCUT2D eigenvalue weighted by Gasteiger charge is -2.19. The number of fused-ring (bicyclic) bond motifs is 1. The first-order valence-electron chi connectivity index (χ1n) is 6.73. The summed E-state index contributed by atoms with van der Waals surface area (Å²) in [6, 6.07) is 16.0. The van der Waals surface area contributed by atoms with Crippen molar-refractivity contribution in [3.05, 3.63) is 89.7 Å². The molecule has 3 nitrogen and oxygen atoms in total. The van der Waals surface area contributed by atoms with E-state index in [-0.39, 0.29) is 5.76 Å². The Morgan fingerprint density at radius 2 is 1.71 bits per heavy atom. The maximum Gasteiger partial charge on any atom is 0.0984 e. The molecule has 0 saturated heterocycles. The van der Waals surface area contributed by atoms with Crippen LogP contribution in [0.3, 0.4) is 0 Å². The van der Waals surface area contributed by atoms with Gasteiger partial charge in [0.2, 0.25) is 0 Å². The molecule has 0 amide bonds. The predicted octanol–water partition coefficient (Wildman–Crippen LogP) is 3.63. The van der Waals surface area contributed by atoms with Gasteiger partial charge < -0.3 is 5.11 Å². The number of hydrogen-bond acceptors (Lipinski definition) is 3. The number of benzene rings is 2. The van der Waals surface area contributed by atoms with Crippen molar-refractivity contribution >= 4 is 11.4 Å². The van der Waals surface area contributed by atoms with Gasteiger partial charge in [0, 0.05) is 23.1 Å². The standard InChI is InChI=1S/C18H16N2O/c1-12(21)11-14-7-9-15(10-8-14)18-17-6-4-3-5-16(17)13(2)19-20-18/h3-10,19,21H,1-2,11H2. The first-order chi connectivity index (χ1) is 10.1. The van der Waals surface area contributed by atoms with Crippen molar-refractivity contribution in [1.29, 1.82) is 0 Å². The van der Waals surface area contributed by atoms with Crippen molar-refractivity contribution in [2.24, 2.45) is 5.10 Å². The monoisotopic (exact) mass is 276 g/mol. The first kappa shape index (κ1) is 13.2. The molecule has 0 atom stereocenters. The molecule has 0 spiro atoms. The molecule has 0 aromatic heterocycles. The fourth-order valence-electron chi connectivity index (χ4n) is 2.43. The Morgan fingerprint density at radius 3 is 2.38 bits per heavy atom. The Bertz CT molecular complexity index is 742. The summed E-state index contributed by atoms with van der Waals surface area (Å²) < 4.78 is 0. The zero-order valence-corrected chi connectivity index (χ0v) is 11.6. The number of aliphatic hydroxyl groups is 1. The van der Waals surface area contributed by atoms with Crippen molar-refractivity contribution in [1.82, 2.24) is 5.43 Å². The molecular weight excluding hydrogens is 260 g/mol. The van der Waals surface area contributed by atoms with Gasteiger partial charge in [-0.05, 0) is 5.56 Å². The molecule has 3 rings (SSSR count). The number of hydrogen-bond donors (Lipinski definition) is 2. The normalized spacial score (nSPS) is 13.1. The second-order valence-electron chi connectivity index (χ2n) is 5.04. The van der Waals surface area contributed by atoms with E-state index in [4.69, 9.17) is 0 Å². The minimum atomic E-state index is 0.168. The highest BCUT2D eigenvalue weighted by Crippen LogP contribution is 2.24. The summed E-state index contributed by atoms with van der Waals surface area (Å²) in [7, 11) is 0. The highest BCUT2D eigenvalue weighted by molar-refractivity contribution is 6.16. The third-order valence-corrected chi connectivity index (χ3v) is 3.45. The van der Waals surface area contributed by atoms with Crippen LogP contribution in [0.2, 0.25) is 0 Å². The molecule has 1 aliphatic rings. The van der Waals surface area contributed by atoms with E-state index in [9.17, 15) is 5.11 Å². The van der Waals surface area contributed by atoms with Crippen molar-refractivity contribution in [2.75, 3.05) is 0 Å². The van der Waals surface area contributed by atoms with Gasteiger partial charge in [-0.1, -0.05) is 61.7 Å². The number of nitrogens with one attached hydrogen (secondary N) is 1. The molecule has 2 N–H and O–H groups in total. The number of nitrogens with zero attached hydrogens (tertiary/aromatic N) is 1. The molecule has 2 aromatic rings. The van der Waals surface area contributed by atoms with Crippen LogP contribution in [0.25, 0.3) is 5.70 Å². The van der Waals surface area contributed by atoms with Crippen LogP contribution in [0, 0.1) is 0 Å². The average molecular weight is 276 g/mol. The van der Waals surface area contributed by atoms with Gasteiger partial charge in [-0.15, -0.1) is 0 Å². The summed E-state index contributed by atoms with van der Waals surface area (Å²) in [4.78, 5) is 0. The third-order valence-electron chi connectivity index (χ3n) is 3.45. The Kier molecular flexibility index (Phi) is 3.32. The lowest BCUT2D eigenvalue weighted by atomic mass is 9.94. The fraction of sp³-hybridized carbons (Fsp3) is 0.0556. The van der Waals surface area contributed by atoms with Gasteiger partial charge >= 0.3 is 0 Å². The number of rotatable bonds is 3. The molecule has 0 bridgehead atoms. The highest BCUT2D eigenvalue weighted by Gasteiger charge is 2.17. The second-order valence-corrected chi connectivity index (χ2v) is 5.04. The molecule has 0 fully saturated rings. The minimum Gasteiger partial charge on any atom is -0.513 e. The van der Waals surface area contributed by atoms with Gasteiger partial charge in [-0.2, -0.15) is 5.10 Å². The Hall–Kier alpha value is -2.81. The minimum absolute atomic E-state index is 0.168. The molecule has 0 radical (unpaired) electrons. The summed E-state index contributed by atoms with van der Waals surface area (Å²) in [5.74, 6) is 0.168. The predicted molar refractivity (Wildman–Crippen MR) is 86.2 cm³/mol. The molecule has 21 heavy (non-hydrogen) atoms. The lowest BCUT2D eigenvalue weighted by molar-refractivity contribution is 0.401. The van der Waals surface area contributed by atoms with Gasteiger partial charge in [0.15, 0.2) is 0 Å². The molecule has 2 aromatic carbocycles. The highest BCUT2D eigenvalue weighted by atomic mass is 16.3. The first-order valence-corrected chi connectivity index (χ1v) is 6.73. The summed E-state index contributed by atoms with van der Waals surface area (Å²) in [5.41, 5.74) is 8.86. The van der Waals surface area contributed by atoms with Crippen molar-refractivity contribution in [2.45, 2.75) is 6.42 Å². The molecule has 104 valence electrons. The van der Waals surface area contributed by atoms with Crippen LogP contribution in [0.4, 0.5) is 0 Å². The van der Waals surface area contributed by atoms with E-state index in [2.05, 4.69) is 23.7 Å². The molecule has 0 aliphatic carbocycles. The fourth-order valence-corrected chi connectivity index (χ4v) is 2.43. The van der Waals surface area contributed by atoms with Crippen LogP contribution in [0.5, 0.6) is 0 Å². The van der Waals surface area contributed by atoms with Crippen LogP contribution < -0.4 is 5.43 Å². The molecule has 0 saturated carbocycles. The number of hydrazone groups is 1. The average Bonchev–Trinajstić information content (AvgIpc) is 2.48. The van der Waals surface area contributed by atoms with Crippen molar-refractivity contribution in [3.8, 4) is 0 Å². The van der Waals surface area contributed by atoms with Gasteiger partial charge in [-0.3, -0.25) is 5.43 Å². The number of allylic oxidation sites excluding steroid dienone is 1. The number of aliphatic hydroxyl groups excluding tert-OH is 1. The summed E-state index contributed by atoms with van der Waals surface area (Å²) in [6.07, 6.45) is 0.471. The van der Waals surface area contributed by atoms with Gasteiger partial charge in [0.1, 0.15) is 0 Å².